The highest BCUT2D eigenvalue weighted by Gasteiger charge is 2.18. The van der Waals surface area contributed by atoms with Gasteiger partial charge in [-0.05, 0) is 48.6 Å². The van der Waals surface area contributed by atoms with Gasteiger partial charge in [0.25, 0.3) is 5.91 Å². The second kappa shape index (κ2) is 9.49. The fourth-order valence-electron chi connectivity index (χ4n) is 3.60. The molecule has 0 saturated carbocycles. The Balaban J connectivity index is 1.48. The number of nitrogens with zero attached hydrogens (tertiary/aromatic N) is 4. The van der Waals surface area contributed by atoms with Crippen molar-refractivity contribution < 1.29 is 19.4 Å². The molecule has 4 rings (SSSR count). The number of ether oxygens (including phenoxy) is 2. The first-order valence-corrected chi connectivity index (χ1v) is 10.3. The molecular weight excluding hydrogens is 410 g/mol. The van der Waals surface area contributed by atoms with Crippen LogP contribution in [-0.2, 0) is 4.74 Å². The van der Waals surface area contributed by atoms with E-state index in [2.05, 4.69) is 21.5 Å². The maximum absolute atomic E-state index is 12.4. The van der Waals surface area contributed by atoms with E-state index >= 15 is 0 Å². The molecule has 9 nitrogen and oxygen atoms in total. The number of rotatable bonds is 6. The molecule has 1 amide bonds. The number of carbonyl (C=O) groups excluding carboxylic acids is 1. The van der Waals surface area contributed by atoms with Gasteiger partial charge < -0.3 is 19.9 Å². The molecule has 2 N–H and O–H groups in total. The minimum absolute atomic E-state index is 0.110. The van der Waals surface area contributed by atoms with Crippen LogP contribution in [-0.4, -0.2) is 52.6 Å². The normalized spacial score (nSPS) is 14.0. The molecule has 3 aromatic rings. The van der Waals surface area contributed by atoms with Crippen LogP contribution in [0.1, 0.15) is 28.8 Å². The zero-order valence-corrected chi connectivity index (χ0v) is 17.6. The maximum atomic E-state index is 12.4. The third-order valence-corrected chi connectivity index (χ3v) is 5.50. The third kappa shape index (κ3) is 4.40. The highest BCUT2D eigenvalue weighted by atomic mass is 16.5. The number of aromatic hydroxyl groups is 1. The summed E-state index contributed by atoms with van der Waals surface area (Å²) in [6.45, 7) is 2.09. The van der Waals surface area contributed by atoms with Gasteiger partial charge >= 0.3 is 0 Å². The van der Waals surface area contributed by atoms with Gasteiger partial charge in [-0.1, -0.05) is 6.07 Å². The molecule has 164 valence electrons. The van der Waals surface area contributed by atoms with E-state index in [1.807, 2.05) is 0 Å². The minimum Gasteiger partial charge on any atom is -0.495 e. The van der Waals surface area contributed by atoms with E-state index in [9.17, 15) is 9.90 Å². The monoisotopic (exact) mass is 433 g/mol. The summed E-state index contributed by atoms with van der Waals surface area (Å²) in [5.74, 6) is 0.911. The van der Waals surface area contributed by atoms with Crippen molar-refractivity contribution in [3.8, 4) is 34.6 Å². The number of aromatic nitrogens is 3. The number of hydrogen-bond acceptors (Lipinski definition) is 7. The number of benzene rings is 1. The Morgan fingerprint density at radius 3 is 2.81 bits per heavy atom. The highest BCUT2D eigenvalue weighted by Crippen LogP contribution is 2.33. The summed E-state index contributed by atoms with van der Waals surface area (Å²) < 4.78 is 11.9. The lowest BCUT2D eigenvalue weighted by Crippen LogP contribution is -2.32. The van der Waals surface area contributed by atoms with Crippen LogP contribution in [0.3, 0.4) is 0 Å². The molecule has 0 aliphatic carbocycles. The number of pyridine rings is 1. The summed E-state index contributed by atoms with van der Waals surface area (Å²) in [4.78, 5) is 16.7. The minimum atomic E-state index is -0.189. The molecule has 9 heteroatoms. The maximum Gasteiger partial charge on any atom is 0.252 e. The molecule has 2 aromatic heterocycles. The van der Waals surface area contributed by atoms with Crippen molar-refractivity contribution in [2.75, 3.05) is 26.9 Å². The topological polar surface area (TPSA) is 122 Å². The van der Waals surface area contributed by atoms with Gasteiger partial charge in [0.05, 0.1) is 30.0 Å². The number of hydrogen-bond donors (Lipinski definition) is 2. The van der Waals surface area contributed by atoms with Gasteiger partial charge in [0.1, 0.15) is 11.8 Å². The van der Waals surface area contributed by atoms with Gasteiger partial charge in [0.2, 0.25) is 5.88 Å². The van der Waals surface area contributed by atoms with Crippen LogP contribution in [0.4, 0.5) is 0 Å². The third-order valence-electron chi connectivity index (χ3n) is 5.50. The lowest BCUT2D eigenvalue weighted by Gasteiger charge is -2.22. The fourth-order valence-corrected chi connectivity index (χ4v) is 3.60. The van der Waals surface area contributed by atoms with Crippen LogP contribution in [0.5, 0.6) is 11.6 Å². The van der Waals surface area contributed by atoms with Crippen molar-refractivity contribution in [3.63, 3.8) is 0 Å². The molecule has 1 saturated heterocycles. The lowest BCUT2D eigenvalue weighted by atomic mass is 10.0. The molecule has 0 spiro atoms. The number of methoxy groups -OCH3 is 1. The van der Waals surface area contributed by atoms with Crippen LogP contribution >= 0.6 is 0 Å². The quantitative estimate of drug-likeness (QED) is 0.613. The van der Waals surface area contributed by atoms with Crippen LogP contribution < -0.4 is 10.1 Å². The van der Waals surface area contributed by atoms with Crippen molar-refractivity contribution in [2.45, 2.75) is 12.8 Å². The molecule has 32 heavy (non-hydrogen) atoms. The van der Waals surface area contributed by atoms with Crippen molar-refractivity contribution >= 4 is 5.91 Å². The first-order valence-electron chi connectivity index (χ1n) is 10.3. The van der Waals surface area contributed by atoms with Crippen LogP contribution in [0.15, 0.2) is 42.7 Å². The van der Waals surface area contributed by atoms with Crippen molar-refractivity contribution in [3.05, 3.63) is 53.9 Å². The molecule has 0 bridgehead atoms. The number of nitrogens with one attached hydrogen (secondary N) is 1. The summed E-state index contributed by atoms with van der Waals surface area (Å²) in [5.41, 5.74) is 1.95. The number of carbonyl (C=O) groups is 1. The summed E-state index contributed by atoms with van der Waals surface area (Å²) in [6, 6.07) is 10.3. The van der Waals surface area contributed by atoms with Crippen molar-refractivity contribution in [1.29, 1.82) is 5.26 Å². The zero-order chi connectivity index (χ0) is 22.5. The van der Waals surface area contributed by atoms with Gasteiger partial charge in [-0.3, -0.25) is 4.79 Å². The molecule has 1 aliphatic heterocycles. The molecule has 0 unspecified atom stereocenters. The van der Waals surface area contributed by atoms with Crippen molar-refractivity contribution in [1.82, 2.24) is 20.1 Å². The molecule has 1 aromatic carbocycles. The predicted octanol–water partition coefficient (Wildman–Crippen LogP) is 2.68. The standard InChI is InChI=1S/C23H23N5O4/c1-31-20-10-16(2-3-17(20)11-24)19-14-27-28(23(19)30)21-5-4-18(13-25-21)22(29)26-12-15-6-8-32-9-7-15/h2-5,10,13-15,30H,6-9,12H2,1H3,(H,26,29). The van der Waals surface area contributed by atoms with Gasteiger partial charge in [0.15, 0.2) is 5.82 Å². The summed E-state index contributed by atoms with van der Waals surface area (Å²) in [6.07, 6.45) is 4.86. The summed E-state index contributed by atoms with van der Waals surface area (Å²) >= 11 is 0. The van der Waals surface area contributed by atoms with E-state index in [1.165, 1.54) is 24.2 Å². The molecule has 1 fully saturated rings. The zero-order valence-electron chi connectivity index (χ0n) is 17.6. The predicted molar refractivity (Wildman–Crippen MR) is 116 cm³/mol. The largest absolute Gasteiger partial charge is 0.495 e. The lowest BCUT2D eigenvalue weighted by molar-refractivity contribution is 0.0642. The van der Waals surface area contributed by atoms with E-state index in [-0.39, 0.29) is 11.8 Å². The molecule has 0 radical (unpaired) electrons. The Morgan fingerprint density at radius 1 is 1.31 bits per heavy atom. The van der Waals surface area contributed by atoms with Gasteiger partial charge in [-0.25, -0.2) is 4.98 Å². The van der Waals surface area contributed by atoms with Gasteiger partial charge in [0, 0.05) is 26.0 Å². The SMILES string of the molecule is COc1cc(-c2cnn(-c3ccc(C(=O)NCC4CCOCC4)cn3)c2O)ccc1C#N. The Morgan fingerprint density at radius 2 is 2.12 bits per heavy atom. The highest BCUT2D eigenvalue weighted by molar-refractivity contribution is 5.93. The average Bonchev–Trinajstić information content (AvgIpc) is 3.24. The molecule has 3 heterocycles. The van der Waals surface area contributed by atoms with E-state index in [0.29, 0.717) is 46.3 Å². The van der Waals surface area contributed by atoms with Crippen LogP contribution in [0.25, 0.3) is 16.9 Å². The number of nitriles is 1. The Labute approximate surface area is 185 Å². The van der Waals surface area contributed by atoms with Gasteiger partial charge in [-0.15, -0.1) is 0 Å². The fraction of sp³-hybridized carbons (Fsp3) is 0.304. The molecular formula is C23H23N5O4. The van der Waals surface area contributed by atoms with Crippen LogP contribution in [0.2, 0.25) is 0 Å². The average molecular weight is 433 g/mol. The second-order valence-electron chi connectivity index (χ2n) is 7.49. The Bertz CT molecular complexity index is 1140. The Hall–Kier alpha value is -3.90. The summed E-state index contributed by atoms with van der Waals surface area (Å²) in [7, 11) is 1.48. The first kappa shape index (κ1) is 21.3. The van der Waals surface area contributed by atoms with Crippen LogP contribution in [0, 0.1) is 17.2 Å². The first-order chi connectivity index (χ1) is 15.6. The Kier molecular flexibility index (Phi) is 6.33. The van der Waals surface area contributed by atoms with Crippen molar-refractivity contribution in [2.24, 2.45) is 5.92 Å². The van der Waals surface area contributed by atoms with E-state index in [1.54, 1.807) is 30.3 Å². The number of amides is 1. The molecule has 1 aliphatic rings. The smallest absolute Gasteiger partial charge is 0.252 e. The summed E-state index contributed by atoms with van der Waals surface area (Å²) in [5, 5.41) is 27.0. The van der Waals surface area contributed by atoms with E-state index in [4.69, 9.17) is 14.7 Å². The van der Waals surface area contributed by atoms with E-state index in [0.717, 1.165) is 26.1 Å². The van der Waals surface area contributed by atoms with Gasteiger partial charge in [-0.2, -0.15) is 15.0 Å². The second-order valence-corrected chi connectivity index (χ2v) is 7.49. The molecule has 0 atom stereocenters. The van der Waals surface area contributed by atoms with E-state index < -0.39 is 0 Å².